The third-order valence-corrected chi connectivity index (χ3v) is 4.34. The molecule has 0 aliphatic carbocycles. The molecule has 0 unspecified atom stereocenters. The van der Waals surface area contributed by atoms with Crippen molar-refractivity contribution in [1.29, 1.82) is 0 Å². The van der Waals surface area contributed by atoms with E-state index in [0.29, 0.717) is 0 Å². The minimum atomic E-state index is 0.840. The number of hydrogen-bond acceptors (Lipinski definition) is 1. The molecule has 1 N–H and O–H groups in total. The van der Waals surface area contributed by atoms with Gasteiger partial charge in [0.25, 0.3) is 0 Å². The van der Waals surface area contributed by atoms with Crippen LogP contribution in [0.15, 0.2) is 35.1 Å². The minimum Gasteiger partial charge on any atom is -0.361 e. The second kappa shape index (κ2) is 4.28. The zero-order valence-electron chi connectivity index (χ0n) is 10.4. The van der Waals surface area contributed by atoms with Gasteiger partial charge in [0.05, 0.1) is 5.69 Å². The van der Waals surface area contributed by atoms with E-state index in [9.17, 15) is 0 Å². The van der Waals surface area contributed by atoms with E-state index in [-0.39, 0.29) is 0 Å². The highest BCUT2D eigenvalue weighted by Crippen LogP contribution is 2.24. The summed E-state index contributed by atoms with van der Waals surface area (Å²) in [7, 11) is 2.02. The van der Waals surface area contributed by atoms with Crippen LogP contribution in [0.1, 0.15) is 17.1 Å². The Kier molecular flexibility index (Phi) is 2.74. The number of hydrogen-bond donors (Lipinski definition) is 1. The predicted molar refractivity (Wildman–Crippen MR) is 76.7 cm³/mol. The van der Waals surface area contributed by atoms with E-state index in [2.05, 4.69) is 54.9 Å². The summed E-state index contributed by atoms with van der Waals surface area (Å²) in [6.45, 7) is 2.02. The first-order chi connectivity index (χ1) is 8.66. The number of H-pyrrole nitrogens is 1. The summed E-state index contributed by atoms with van der Waals surface area (Å²) in [5, 5.41) is 1.27. The molecule has 92 valence electrons. The molecule has 0 atom stereocenters. The minimum absolute atomic E-state index is 0.840. The number of aromatic nitrogens is 3. The van der Waals surface area contributed by atoms with Crippen LogP contribution in [0.4, 0.5) is 0 Å². The number of para-hydroxylation sites is 1. The summed E-state index contributed by atoms with van der Waals surface area (Å²) in [6.07, 6.45) is 2.91. The van der Waals surface area contributed by atoms with Gasteiger partial charge in [-0.25, -0.2) is 4.98 Å². The molecule has 3 nitrogen and oxygen atoms in total. The molecule has 0 saturated heterocycles. The molecular formula is C14H14BrN3. The molecule has 0 bridgehead atoms. The molecule has 18 heavy (non-hydrogen) atoms. The Morgan fingerprint density at radius 3 is 2.83 bits per heavy atom. The number of nitrogens with zero attached hydrogens (tertiary/aromatic N) is 2. The normalized spacial score (nSPS) is 11.3. The van der Waals surface area contributed by atoms with Crippen molar-refractivity contribution in [2.75, 3.05) is 0 Å². The Morgan fingerprint density at radius 2 is 2.11 bits per heavy atom. The standard InChI is InChI=1S/C14H14BrN3/c1-9-17-13(14(15)18(9)2)7-10-8-16-12-6-4-3-5-11(10)12/h3-6,8,16H,7H2,1-2H3. The van der Waals surface area contributed by atoms with Gasteiger partial charge in [-0.1, -0.05) is 18.2 Å². The van der Waals surface area contributed by atoms with Gasteiger partial charge < -0.3 is 9.55 Å². The van der Waals surface area contributed by atoms with Crippen LogP contribution in [0.3, 0.4) is 0 Å². The number of rotatable bonds is 2. The molecule has 0 aliphatic heterocycles. The van der Waals surface area contributed by atoms with Crippen molar-refractivity contribution in [3.63, 3.8) is 0 Å². The van der Waals surface area contributed by atoms with Crippen LogP contribution in [0, 0.1) is 6.92 Å². The molecule has 2 heterocycles. The highest BCUT2D eigenvalue weighted by molar-refractivity contribution is 9.10. The Balaban J connectivity index is 2.04. The van der Waals surface area contributed by atoms with Gasteiger partial charge in [0.2, 0.25) is 0 Å². The molecule has 0 aliphatic rings. The second-order valence-corrected chi connectivity index (χ2v) is 5.24. The first-order valence-corrected chi connectivity index (χ1v) is 6.69. The summed E-state index contributed by atoms with van der Waals surface area (Å²) < 4.78 is 3.12. The smallest absolute Gasteiger partial charge is 0.108 e. The SMILES string of the molecule is Cc1nc(Cc2c[nH]c3ccccc23)c(Br)n1C. The number of aromatic amines is 1. The van der Waals surface area contributed by atoms with E-state index in [1.54, 1.807) is 0 Å². The lowest BCUT2D eigenvalue weighted by Crippen LogP contribution is -1.91. The number of nitrogens with one attached hydrogen (secondary N) is 1. The monoisotopic (exact) mass is 303 g/mol. The van der Waals surface area contributed by atoms with Gasteiger partial charge in [0, 0.05) is 30.6 Å². The van der Waals surface area contributed by atoms with Crippen LogP contribution in [-0.2, 0) is 13.5 Å². The van der Waals surface area contributed by atoms with E-state index < -0.39 is 0 Å². The van der Waals surface area contributed by atoms with Crippen LogP contribution >= 0.6 is 15.9 Å². The Hall–Kier alpha value is -1.55. The summed E-state index contributed by atoms with van der Waals surface area (Å²) in [4.78, 5) is 7.89. The quantitative estimate of drug-likeness (QED) is 0.771. The second-order valence-electron chi connectivity index (χ2n) is 4.49. The molecule has 0 spiro atoms. The predicted octanol–water partition coefficient (Wildman–Crippen LogP) is 3.56. The maximum atomic E-state index is 4.59. The van der Waals surface area contributed by atoms with Crippen molar-refractivity contribution in [3.8, 4) is 0 Å². The molecule has 3 rings (SSSR count). The molecule has 4 heteroatoms. The first kappa shape index (κ1) is 11.5. The largest absolute Gasteiger partial charge is 0.361 e. The third-order valence-electron chi connectivity index (χ3n) is 3.35. The van der Waals surface area contributed by atoms with E-state index in [4.69, 9.17) is 0 Å². The summed E-state index contributed by atoms with van der Waals surface area (Å²) in [6, 6.07) is 8.35. The van der Waals surface area contributed by atoms with Crippen molar-refractivity contribution in [3.05, 3.63) is 52.1 Å². The molecule has 1 aromatic carbocycles. The molecule has 2 aromatic heterocycles. The number of aryl methyl sites for hydroxylation is 1. The Morgan fingerprint density at radius 1 is 1.33 bits per heavy atom. The summed E-state index contributed by atoms with van der Waals surface area (Å²) in [5.41, 5.74) is 3.54. The number of benzene rings is 1. The molecular weight excluding hydrogens is 290 g/mol. The fourth-order valence-electron chi connectivity index (χ4n) is 2.22. The zero-order chi connectivity index (χ0) is 12.7. The number of imidazole rings is 1. The third kappa shape index (κ3) is 1.77. The summed E-state index contributed by atoms with van der Waals surface area (Å²) >= 11 is 3.60. The van der Waals surface area contributed by atoms with Gasteiger partial charge in [-0.15, -0.1) is 0 Å². The van der Waals surface area contributed by atoms with E-state index in [1.165, 1.54) is 16.5 Å². The molecule has 0 radical (unpaired) electrons. The average Bonchev–Trinajstić information content (AvgIpc) is 2.89. The number of halogens is 1. The van der Waals surface area contributed by atoms with Gasteiger partial charge >= 0.3 is 0 Å². The topological polar surface area (TPSA) is 33.6 Å². The summed E-state index contributed by atoms with van der Waals surface area (Å²) in [5.74, 6) is 1.02. The number of fused-ring (bicyclic) bond motifs is 1. The van der Waals surface area contributed by atoms with Crippen LogP contribution in [0.2, 0.25) is 0 Å². The van der Waals surface area contributed by atoms with Gasteiger partial charge in [-0.3, -0.25) is 0 Å². The van der Waals surface area contributed by atoms with Crippen LogP contribution in [-0.4, -0.2) is 14.5 Å². The lowest BCUT2D eigenvalue weighted by atomic mass is 10.1. The molecule has 0 fully saturated rings. The van der Waals surface area contributed by atoms with E-state index >= 15 is 0 Å². The van der Waals surface area contributed by atoms with Crippen molar-refractivity contribution < 1.29 is 0 Å². The van der Waals surface area contributed by atoms with Crippen molar-refractivity contribution in [1.82, 2.24) is 14.5 Å². The zero-order valence-corrected chi connectivity index (χ0v) is 12.0. The fraction of sp³-hybridized carbons (Fsp3) is 0.214. The first-order valence-electron chi connectivity index (χ1n) is 5.89. The Bertz CT molecular complexity index is 709. The van der Waals surface area contributed by atoms with Crippen molar-refractivity contribution >= 4 is 26.8 Å². The van der Waals surface area contributed by atoms with E-state index in [1.807, 2.05) is 20.0 Å². The Labute approximate surface area is 114 Å². The highest BCUT2D eigenvalue weighted by Gasteiger charge is 2.12. The van der Waals surface area contributed by atoms with Crippen molar-refractivity contribution in [2.24, 2.45) is 7.05 Å². The molecule has 0 saturated carbocycles. The highest BCUT2D eigenvalue weighted by atomic mass is 79.9. The van der Waals surface area contributed by atoms with Gasteiger partial charge in [0.1, 0.15) is 10.4 Å². The van der Waals surface area contributed by atoms with Crippen LogP contribution < -0.4 is 0 Å². The van der Waals surface area contributed by atoms with Gasteiger partial charge in [-0.05, 0) is 34.5 Å². The molecule has 3 aromatic rings. The van der Waals surface area contributed by atoms with Crippen LogP contribution in [0.5, 0.6) is 0 Å². The van der Waals surface area contributed by atoms with Gasteiger partial charge in [-0.2, -0.15) is 0 Å². The lowest BCUT2D eigenvalue weighted by molar-refractivity contribution is 0.839. The fourth-order valence-corrected chi connectivity index (χ4v) is 2.71. The molecule has 0 amide bonds. The van der Waals surface area contributed by atoms with Crippen LogP contribution in [0.25, 0.3) is 10.9 Å². The lowest BCUT2D eigenvalue weighted by Gasteiger charge is -1.98. The average molecular weight is 304 g/mol. The van der Waals surface area contributed by atoms with Gasteiger partial charge in [0.15, 0.2) is 0 Å². The maximum Gasteiger partial charge on any atom is 0.108 e. The maximum absolute atomic E-state index is 4.59. The van der Waals surface area contributed by atoms with Crippen molar-refractivity contribution in [2.45, 2.75) is 13.3 Å². The van der Waals surface area contributed by atoms with E-state index in [0.717, 1.165) is 22.5 Å².